The lowest BCUT2D eigenvalue weighted by Gasteiger charge is -2.30. The third-order valence-corrected chi connectivity index (χ3v) is 5.76. The van der Waals surface area contributed by atoms with Gasteiger partial charge in [0.1, 0.15) is 0 Å². The van der Waals surface area contributed by atoms with Gasteiger partial charge in [-0.2, -0.15) is 0 Å². The first kappa shape index (κ1) is 15.5. The zero-order valence-electron chi connectivity index (χ0n) is 12.7. The lowest BCUT2D eigenvalue weighted by molar-refractivity contribution is -0.143. The second-order valence-electron chi connectivity index (χ2n) is 6.17. The Balaban J connectivity index is 2.12. The van der Waals surface area contributed by atoms with Gasteiger partial charge in [-0.05, 0) is 50.2 Å². The SMILES string of the molecule is COC(=O)CC1(CC(N)c2sc(C)cc2C)CCCC1. The number of methoxy groups -OCH3 is 1. The molecule has 1 heterocycles. The minimum atomic E-state index is -0.0989. The van der Waals surface area contributed by atoms with Gasteiger partial charge in [-0.25, -0.2) is 0 Å². The van der Waals surface area contributed by atoms with E-state index in [-0.39, 0.29) is 17.4 Å². The lowest BCUT2D eigenvalue weighted by atomic mass is 9.77. The van der Waals surface area contributed by atoms with Crippen molar-refractivity contribution < 1.29 is 9.53 Å². The maximum Gasteiger partial charge on any atom is 0.306 e. The molecule has 2 N–H and O–H groups in total. The van der Waals surface area contributed by atoms with Crippen LogP contribution in [0.3, 0.4) is 0 Å². The highest BCUT2D eigenvalue weighted by Crippen LogP contribution is 2.47. The summed E-state index contributed by atoms with van der Waals surface area (Å²) >= 11 is 1.79. The molecular weight excluding hydrogens is 270 g/mol. The number of ether oxygens (including phenoxy) is 1. The van der Waals surface area contributed by atoms with Gasteiger partial charge in [-0.3, -0.25) is 4.79 Å². The molecule has 0 bridgehead atoms. The maximum atomic E-state index is 11.7. The number of carbonyl (C=O) groups excluding carboxylic acids is 1. The number of thiophene rings is 1. The van der Waals surface area contributed by atoms with E-state index in [9.17, 15) is 4.79 Å². The molecule has 1 atom stereocenters. The van der Waals surface area contributed by atoms with E-state index in [4.69, 9.17) is 10.5 Å². The van der Waals surface area contributed by atoms with Crippen LogP contribution in [-0.2, 0) is 9.53 Å². The van der Waals surface area contributed by atoms with Crippen LogP contribution in [0.25, 0.3) is 0 Å². The monoisotopic (exact) mass is 295 g/mol. The average molecular weight is 295 g/mol. The molecule has 1 unspecified atom stereocenters. The highest BCUT2D eigenvalue weighted by molar-refractivity contribution is 7.12. The maximum absolute atomic E-state index is 11.7. The molecule has 1 fully saturated rings. The Bertz CT molecular complexity index is 475. The molecule has 4 heteroatoms. The lowest BCUT2D eigenvalue weighted by Crippen LogP contribution is -2.27. The fraction of sp³-hybridized carbons (Fsp3) is 0.688. The van der Waals surface area contributed by atoms with Crippen molar-refractivity contribution in [2.24, 2.45) is 11.1 Å². The third kappa shape index (κ3) is 3.41. The van der Waals surface area contributed by atoms with Crippen LogP contribution in [-0.4, -0.2) is 13.1 Å². The van der Waals surface area contributed by atoms with Crippen LogP contribution in [0.15, 0.2) is 6.07 Å². The van der Waals surface area contributed by atoms with Gasteiger partial charge in [-0.15, -0.1) is 11.3 Å². The summed E-state index contributed by atoms with van der Waals surface area (Å²) in [5.74, 6) is -0.0989. The quantitative estimate of drug-likeness (QED) is 0.839. The molecular formula is C16H25NO2S. The molecule has 0 amide bonds. The van der Waals surface area contributed by atoms with Crippen molar-refractivity contribution >= 4 is 17.3 Å². The number of nitrogens with two attached hydrogens (primary N) is 1. The van der Waals surface area contributed by atoms with Crippen LogP contribution in [0.1, 0.15) is 59.9 Å². The van der Waals surface area contributed by atoms with E-state index in [1.807, 2.05) is 0 Å². The number of hydrogen-bond acceptors (Lipinski definition) is 4. The van der Waals surface area contributed by atoms with E-state index in [0.29, 0.717) is 6.42 Å². The second-order valence-corrected chi connectivity index (χ2v) is 7.46. The zero-order chi connectivity index (χ0) is 14.8. The first-order valence-electron chi connectivity index (χ1n) is 7.35. The van der Waals surface area contributed by atoms with Gasteiger partial charge >= 0.3 is 5.97 Å². The van der Waals surface area contributed by atoms with Crippen LogP contribution < -0.4 is 5.73 Å². The molecule has 2 rings (SSSR count). The number of hydrogen-bond donors (Lipinski definition) is 1. The highest BCUT2D eigenvalue weighted by Gasteiger charge is 2.38. The van der Waals surface area contributed by atoms with Crippen LogP contribution in [0.2, 0.25) is 0 Å². The Morgan fingerprint density at radius 2 is 2.10 bits per heavy atom. The van der Waals surface area contributed by atoms with Gasteiger partial charge in [-0.1, -0.05) is 12.8 Å². The fourth-order valence-electron chi connectivity index (χ4n) is 3.54. The van der Waals surface area contributed by atoms with Crippen LogP contribution >= 0.6 is 11.3 Å². The van der Waals surface area contributed by atoms with Crippen molar-refractivity contribution in [1.82, 2.24) is 0 Å². The first-order valence-corrected chi connectivity index (χ1v) is 8.17. The van der Waals surface area contributed by atoms with Gasteiger partial charge in [0.15, 0.2) is 0 Å². The summed E-state index contributed by atoms with van der Waals surface area (Å²) in [5, 5.41) is 0. The molecule has 1 saturated carbocycles. The minimum absolute atomic E-state index is 0.0384. The van der Waals surface area contributed by atoms with E-state index in [2.05, 4.69) is 19.9 Å². The summed E-state index contributed by atoms with van der Waals surface area (Å²) in [4.78, 5) is 14.3. The Morgan fingerprint density at radius 3 is 2.60 bits per heavy atom. The molecule has 0 spiro atoms. The minimum Gasteiger partial charge on any atom is -0.469 e. The predicted molar refractivity (Wildman–Crippen MR) is 82.9 cm³/mol. The Kier molecular flexibility index (Phi) is 4.86. The Labute approximate surface area is 125 Å². The first-order chi connectivity index (χ1) is 9.46. The topological polar surface area (TPSA) is 52.3 Å². The highest BCUT2D eigenvalue weighted by atomic mass is 32.1. The summed E-state index contributed by atoms with van der Waals surface area (Å²) in [6, 6.07) is 2.23. The Hall–Kier alpha value is -0.870. The summed E-state index contributed by atoms with van der Waals surface area (Å²) in [7, 11) is 1.47. The van der Waals surface area contributed by atoms with Gasteiger partial charge in [0.25, 0.3) is 0 Å². The average Bonchev–Trinajstić information content (AvgIpc) is 2.96. The van der Waals surface area contributed by atoms with Crippen LogP contribution in [0.5, 0.6) is 0 Å². The molecule has 0 aromatic carbocycles. The van der Waals surface area contributed by atoms with Crippen LogP contribution in [0.4, 0.5) is 0 Å². The summed E-state index contributed by atoms with van der Waals surface area (Å²) in [6.45, 7) is 4.24. The van der Waals surface area contributed by atoms with Gasteiger partial charge < -0.3 is 10.5 Å². The van der Waals surface area contributed by atoms with E-state index in [1.54, 1.807) is 11.3 Å². The molecule has 1 aliphatic carbocycles. The van der Waals surface area contributed by atoms with Gasteiger partial charge in [0.05, 0.1) is 13.5 Å². The van der Waals surface area contributed by atoms with Crippen molar-refractivity contribution in [3.05, 3.63) is 21.4 Å². The fourth-order valence-corrected chi connectivity index (χ4v) is 4.58. The van der Waals surface area contributed by atoms with Crippen molar-refractivity contribution in [3.8, 4) is 0 Å². The van der Waals surface area contributed by atoms with Crippen molar-refractivity contribution in [1.29, 1.82) is 0 Å². The van der Waals surface area contributed by atoms with E-state index >= 15 is 0 Å². The van der Waals surface area contributed by atoms with Crippen molar-refractivity contribution in [2.75, 3.05) is 7.11 Å². The molecule has 3 nitrogen and oxygen atoms in total. The molecule has 0 radical (unpaired) electrons. The summed E-state index contributed by atoms with van der Waals surface area (Å²) in [5.41, 5.74) is 7.79. The second kappa shape index (κ2) is 6.27. The number of esters is 1. The molecule has 0 saturated heterocycles. The normalized spacial score (nSPS) is 19.0. The number of aryl methyl sites for hydroxylation is 2. The molecule has 1 aromatic heterocycles. The van der Waals surface area contributed by atoms with Gasteiger partial charge in [0, 0.05) is 15.8 Å². The third-order valence-electron chi connectivity index (χ3n) is 4.48. The smallest absolute Gasteiger partial charge is 0.306 e. The summed E-state index contributed by atoms with van der Waals surface area (Å²) < 4.78 is 4.88. The molecule has 20 heavy (non-hydrogen) atoms. The largest absolute Gasteiger partial charge is 0.469 e. The van der Waals surface area contributed by atoms with Crippen molar-refractivity contribution in [2.45, 2.75) is 58.4 Å². The zero-order valence-corrected chi connectivity index (χ0v) is 13.5. The molecule has 0 aliphatic heterocycles. The van der Waals surface area contributed by atoms with Gasteiger partial charge in [0.2, 0.25) is 0 Å². The Morgan fingerprint density at radius 1 is 1.45 bits per heavy atom. The molecule has 1 aromatic rings. The molecule has 1 aliphatic rings. The van der Waals surface area contributed by atoms with Crippen molar-refractivity contribution in [3.63, 3.8) is 0 Å². The standard InChI is InChI=1S/C16H25NO2S/c1-11-8-12(2)20-15(11)13(17)9-16(6-4-5-7-16)10-14(18)19-3/h8,13H,4-7,9-10,17H2,1-3H3. The predicted octanol–water partition coefficient (Wildman–Crippen LogP) is 3.88. The van der Waals surface area contributed by atoms with Crippen LogP contribution in [0, 0.1) is 19.3 Å². The number of rotatable bonds is 5. The number of carbonyl (C=O) groups is 1. The summed E-state index contributed by atoms with van der Waals surface area (Å²) in [6.07, 6.45) is 6.00. The van der Waals surface area contributed by atoms with E-state index < -0.39 is 0 Å². The van der Waals surface area contributed by atoms with E-state index in [1.165, 1.54) is 35.3 Å². The molecule has 112 valence electrons. The van der Waals surface area contributed by atoms with E-state index in [0.717, 1.165) is 19.3 Å².